The van der Waals surface area contributed by atoms with Gasteiger partial charge < -0.3 is 0 Å². The molecule has 0 aliphatic carbocycles. The van der Waals surface area contributed by atoms with Crippen LogP contribution in [0, 0.1) is 17.0 Å². The molecule has 0 unspecified atom stereocenters. The van der Waals surface area contributed by atoms with E-state index in [1.807, 2.05) is 0 Å². The van der Waals surface area contributed by atoms with Crippen LogP contribution in [0.15, 0.2) is 6.20 Å². The average molecular weight is 251 g/mol. The number of nitrogens with zero attached hydrogens (tertiary/aromatic N) is 2. The first kappa shape index (κ1) is 12.4. The van der Waals surface area contributed by atoms with Gasteiger partial charge in [0.2, 0.25) is 0 Å². The molecule has 1 aromatic heterocycles. The third kappa shape index (κ3) is 2.13. The second kappa shape index (κ2) is 4.48. The normalized spacial score (nSPS) is 10.6. The maximum Gasteiger partial charge on any atom is 0.285 e. The first-order valence-corrected chi connectivity index (χ1v) is 4.36. The van der Waals surface area contributed by atoms with Crippen molar-refractivity contribution in [2.24, 2.45) is 0 Å². The highest BCUT2D eigenvalue weighted by Crippen LogP contribution is 2.33. The van der Waals surface area contributed by atoms with Crippen LogP contribution in [0.2, 0.25) is 0 Å². The zero-order chi connectivity index (χ0) is 12.5. The molecule has 5 nitrogen and oxygen atoms in total. The van der Waals surface area contributed by atoms with Crippen LogP contribution < -0.4 is 0 Å². The summed E-state index contributed by atoms with van der Waals surface area (Å²) in [6.45, 7) is 1.25. The first-order valence-electron chi connectivity index (χ1n) is 3.98. The molecule has 0 radical (unpaired) electrons. The molecule has 16 heavy (non-hydrogen) atoms. The second-order valence-electron chi connectivity index (χ2n) is 2.88. The summed E-state index contributed by atoms with van der Waals surface area (Å²) in [5.41, 5.74) is -2.70. The van der Waals surface area contributed by atoms with Crippen LogP contribution in [0.1, 0.15) is 28.0 Å². The highest BCUT2D eigenvalue weighted by Gasteiger charge is 2.31. The fraction of sp³-hybridized carbons (Fsp3) is 0.250. The number of alkyl halides is 2. The Morgan fingerprint density at radius 1 is 1.62 bits per heavy atom. The number of carbonyl (C=O) groups excluding carboxylic acids is 1. The Morgan fingerprint density at radius 3 is 2.56 bits per heavy atom. The van der Waals surface area contributed by atoms with Gasteiger partial charge in [0, 0.05) is 11.8 Å². The highest BCUT2D eigenvalue weighted by molar-refractivity contribution is 6.67. The fourth-order valence-corrected chi connectivity index (χ4v) is 1.37. The minimum absolute atomic E-state index is 0.0537. The van der Waals surface area contributed by atoms with E-state index in [2.05, 4.69) is 4.98 Å². The third-order valence-corrected chi connectivity index (χ3v) is 2.04. The molecule has 0 saturated heterocycles. The van der Waals surface area contributed by atoms with Crippen LogP contribution in [0.3, 0.4) is 0 Å². The largest absolute Gasteiger partial charge is 0.285 e. The lowest BCUT2D eigenvalue weighted by molar-refractivity contribution is -0.386. The fourth-order valence-electron chi connectivity index (χ4n) is 1.22. The average Bonchev–Trinajstić information content (AvgIpc) is 2.15. The van der Waals surface area contributed by atoms with Gasteiger partial charge in [0.15, 0.2) is 0 Å². The van der Waals surface area contributed by atoms with Gasteiger partial charge in [-0.25, -0.2) is 8.78 Å². The van der Waals surface area contributed by atoms with E-state index < -0.39 is 33.5 Å². The van der Waals surface area contributed by atoms with Gasteiger partial charge in [0.25, 0.3) is 17.4 Å². The van der Waals surface area contributed by atoms with Gasteiger partial charge in [-0.1, -0.05) is 0 Å². The van der Waals surface area contributed by atoms with E-state index in [1.165, 1.54) is 6.92 Å². The summed E-state index contributed by atoms with van der Waals surface area (Å²) in [7, 11) is 0. The molecule has 0 N–H and O–H groups in total. The van der Waals surface area contributed by atoms with Crippen molar-refractivity contribution in [3.63, 3.8) is 0 Å². The Morgan fingerprint density at radius 2 is 2.19 bits per heavy atom. The first-order chi connectivity index (χ1) is 7.36. The maximum absolute atomic E-state index is 12.6. The third-order valence-electron chi connectivity index (χ3n) is 1.86. The minimum Gasteiger partial charge on any atom is -0.274 e. The standard InChI is InChI=1S/C8H5ClF2N2O3/c1-3-2-12-5(7(9)14)4(8(10)11)6(3)13(15)16/h2,8H,1H3. The SMILES string of the molecule is Cc1cnc(C(=O)Cl)c(C(F)F)c1[N+](=O)[O-]. The molecule has 0 aromatic carbocycles. The number of rotatable bonds is 3. The highest BCUT2D eigenvalue weighted by atomic mass is 35.5. The molecular weight excluding hydrogens is 246 g/mol. The zero-order valence-corrected chi connectivity index (χ0v) is 8.66. The van der Waals surface area contributed by atoms with Crippen molar-refractivity contribution in [1.82, 2.24) is 4.98 Å². The molecule has 86 valence electrons. The van der Waals surface area contributed by atoms with Gasteiger partial charge in [-0.15, -0.1) is 0 Å². The van der Waals surface area contributed by atoms with Crippen molar-refractivity contribution in [3.05, 3.63) is 33.1 Å². The van der Waals surface area contributed by atoms with Gasteiger partial charge in [-0.3, -0.25) is 19.9 Å². The zero-order valence-electron chi connectivity index (χ0n) is 7.91. The van der Waals surface area contributed by atoms with Gasteiger partial charge in [0.05, 0.1) is 4.92 Å². The summed E-state index contributed by atoms with van der Waals surface area (Å²) >= 11 is 5.02. The maximum atomic E-state index is 12.6. The predicted octanol–water partition coefficient (Wildman–Crippen LogP) is 2.61. The number of halogens is 3. The van der Waals surface area contributed by atoms with Crippen LogP contribution in [0.5, 0.6) is 0 Å². The van der Waals surface area contributed by atoms with Gasteiger partial charge in [-0.05, 0) is 18.5 Å². The molecule has 0 aliphatic heterocycles. The van der Waals surface area contributed by atoms with E-state index in [-0.39, 0.29) is 5.56 Å². The number of hydrogen-bond donors (Lipinski definition) is 0. The van der Waals surface area contributed by atoms with Crippen molar-refractivity contribution in [2.45, 2.75) is 13.3 Å². The van der Waals surface area contributed by atoms with Gasteiger partial charge >= 0.3 is 0 Å². The summed E-state index contributed by atoms with van der Waals surface area (Å²) in [6.07, 6.45) is -2.23. The van der Waals surface area contributed by atoms with Crippen molar-refractivity contribution in [2.75, 3.05) is 0 Å². The summed E-state index contributed by atoms with van der Waals surface area (Å²) in [4.78, 5) is 23.8. The lowest BCUT2D eigenvalue weighted by Gasteiger charge is -2.06. The van der Waals surface area contributed by atoms with Crippen molar-refractivity contribution in [1.29, 1.82) is 0 Å². The molecular formula is C8H5ClF2N2O3. The summed E-state index contributed by atoms with van der Waals surface area (Å²) in [6, 6.07) is 0. The van der Waals surface area contributed by atoms with Gasteiger partial charge in [-0.2, -0.15) is 0 Å². The Labute approximate surface area is 93.2 Å². The number of nitro groups is 1. The smallest absolute Gasteiger partial charge is 0.274 e. The molecule has 1 heterocycles. The topological polar surface area (TPSA) is 73.1 Å². The Hall–Kier alpha value is -1.63. The van der Waals surface area contributed by atoms with Crippen molar-refractivity contribution >= 4 is 22.5 Å². The molecule has 0 atom stereocenters. The summed E-state index contributed by atoms with van der Waals surface area (Å²) < 4.78 is 25.3. The number of pyridine rings is 1. The molecule has 1 aromatic rings. The van der Waals surface area contributed by atoms with Crippen LogP contribution in [-0.4, -0.2) is 15.1 Å². The van der Waals surface area contributed by atoms with E-state index in [0.29, 0.717) is 0 Å². The van der Waals surface area contributed by atoms with E-state index in [4.69, 9.17) is 11.6 Å². The Balaban J connectivity index is 3.63. The molecule has 0 saturated carbocycles. The molecule has 0 spiro atoms. The lowest BCUT2D eigenvalue weighted by Crippen LogP contribution is -2.08. The Bertz CT molecular complexity index is 465. The van der Waals surface area contributed by atoms with Crippen LogP contribution in [-0.2, 0) is 0 Å². The predicted molar refractivity (Wildman–Crippen MR) is 50.8 cm³/mol. The monoisotopic (exact) mass is 250 g/mol. The van der Waals surface area contributed by atoms with E-state index in [9.17, 15) is 23.7 Å². The lowest BCUT2D eigenvalue weighted by atomic mass is 10.1. The van der Waals surface area contributed by atoms with E-state index in [0.717, 1.165) is 6.20 Å². The molecule has 0 fully saturated rings. The van der Waals surface area contributed by atoms with Gasteiger partial charge in [0.1, 0.15) is 11.3 Å². The van der Waals surface area contributed by atoms with Crippen LogP contribution in [0.4, 0.5) is 14.5 Å². The summed E-state index contributed by atoms with van der Waals surface area (Å²) in [5, 5.41) is 9.36. The number of aromatic nitrogens is 1. The molecule has 0 bridgehead atoms. The number of aryl methyl sites for hydroxylation is 1. The van der Waals surface area contributed by atoms with Crippen LogP contribution >= 0.6 is 11.6 Å². The molecule has 8 heteroatoms. The minimum atomic E-state index is -3.19. The Kier molecular flexibility index (Phi) is 3.48. The molecule has 1 rings (SSSR count). The summed E-state index contributed by atoms with van der Waals surface area (Å²) in [5.74, 6) is 0. The second-order valence-corrected chi connectivity index (χ2v) is 3.23. The molecule has 0 amide bonds. The quantitative estimate of drug-likeness (QED) is 0.469. The van der Waals surface area contributed by atoms with Crippen LogP contribution in [0.25, 0.3) is 0 Å². The number of hydrogen-bond acceptors (Lipinski definition) is 4. The van der Waals surface area contributed by atoms with E-state index in [1.54, 1.807) is 0 Å². The number of carbonyl (C=O) groups is 1. The van der Waals surface area contributed by atoms with E-state index >= 15 is 0 Å². The molecule has 0 aliphatic rings. The van der Waals surface area contributed by atoms with Crippen molar-refractivity contribution < 1.29 is 18.5 Å². The van der Waals surface area contributed by atoms with Crippen molar-refractivity contribution in [3.8, 4) is 0 Å².